The van der Waals surface area contributed by atoms with Gasteiger partial charge in [-0.3, -0.25) is 0 Å². The van der Waals surface area contributed by atoms with E-state index in [1.807, 2.05) is 0 Å². The molecule has 0 spiro atoms. The van der Waals surface area contributed by atoms with E-state index in [0.717, 1.165) is 14.5 Å². The number of halogens is 2. The fourth-order valence-corrected chi connectivity index (χ4v) is 1.65. The monoisotopic (exact) mass is 322 g/mol. The van der Waals surface area contributed by atoms with Gasteiger partial charge in [-0.15, -0.1) is 0 Å². The van der Waals surface area contributed by atoms with Gasteiger partial charge in [-0.25, -0.2) is 4.79 Å². The molecule has 1 unspecified atom stereocenters. The first kappa shape index (κ1) is 11.7. The van der Waals surface area contributed by atoms with E-state index in [1.54, 1.807) is 18.2 Å². The molecule has 1 aromatic carbocycles. The molecule has 0 aliphatic heterocycles. The first-order valence-corrected chi connectivity index (χ1v) is 5.44. The van der Waals surface area contributed by atoms with Gasteiger partial charge in [-0.1, -0.05) is 6.07 Å². The Labute approximate surface area is 98.0 Å². The molecule has 0 saturated heterocycles. The van der Waals surface area contributed by atoms with Gasteiger partial charge in [-0.05, 0) is 49.6 Å². The van der Waals surface area contributed by atoms with Crippen LogP contribution >= 0.6 is 31.9 Å². The van der Waals surface area contributed by atoms with E-state index in [-0.39, 0.29) is 6.42 Å². The number of rotatable bonds is 3. The Balaban J connectivity index is 2.78. The van der Waals surface area contributed by atoms with Gasteiger partial charge < -0.3 is 10.2 Å². The predicted octanol–water partition coefficient (Wildman–Crippen LogP) is 2.20. The van der Waals surface area contributed by atoms with Crippen molar-refractivity contribution in [2.24, 2.45) is 0 Å². The van der Waals surface area contributed by atoms with Gasteiger partial charge >= 0.3 is 5.97 Å². The smallest absolute Gasteiger partial charge is 0.332 e. The highest BCUT2D eigenvalue weighted by Gasteiger charge is 2.13. The quantitative estimate of drug-likeness (QED) is 0.896. The molecule has 0 aliphatic carbocycles. The minimum atomic E-state index is -1.34. The number of aliphatic hydroxyl groups excluding tert-OH is 1. The van der Waals surface area contributed by atoms with Gasteiger partial charge in [0.2, 0.25) is 0 Å². The third-order valence-corrected chi connectivity index (χ3v) is 3.58. The van der Waals surface area contributed by atoms with Crippen LogP contribution in [0.1, 0.15) is 5.56 Å². The van der Waals surface area contributed by atoms with E-state index in [0.29, 0.717) is 0 Å². The van der Waals surface area contributed by atoms with Crippen LogP contribution in [-0.4, -0.2) is 22.3 Å². The molecule has 0 aliphatic rings. The molecule has 0 saturated carbocycles. The van der Waals surface area contributed by atoms with Crippen LogP contribution in [-0.2, 0) is 11.2 Å². The summed E-state index contributed by atoms with van der Waals surface area (Å²) in [6, 6.07) is 5.34. The summed E-state index contributed by atoms with van der Waals surface area (Å²) < 4.78 is 1.73. The van der Waals surface area contributed by atoms with Gasteiger partial charge in [0.05, 0.1) is 0 Å². The topological polar surface area (TPSA) is 57.5 Å². The van der Waals surface area contributed by atoms with Crippen LogP contribution in [0, 0.1) is 0 Å². The Kier molecular flexibility index (Phi) is 4.10. The summed E-state index contributed by atoms with van der Waals surface area (Å²) in [7, 11) is 0. The lowest BCUT2D eigenvalue weighted by molar-refractivity contribution is -0.146. The number of carboxylic acid groups (broad SMARTS) is 1. The Morgan fingerprint density at radius 2 is 2.00 bits per heavy atom. The summed E-state index contributed by atoms with van der Waals surface area (Å²) in [5, 5.41) is 17.6. The molecule has 0 fully saturated rings. The second-order valence-electron chi connectivity index (χ2n) is 2.81. The molecule has 14 heavy (non-hydrogen) atoms. The molecule has 3 nitrogen and oxygen atoms in total. The van der Waals surface area contributed by atoms with Crippen LogP contribution in [0.2, 0.25) is 0 Å². The SMILES string of the molecule is O=C(O)C(O)Cc1ccc(Br)c(Br)c1. The number of aliphatic hydroxyl groups is 1. The average Bonchev–Trinajstić information content (AvgIpc) is 2.11. The first-order chi connectivity index (χ1) is 6.50. The molecular weight excluding hydrogens is 316 g/mol. The number of carboxylic acids is 1. The largest absolute Gasteiger partial charge is 0.479 e. The number of carbonyl (C=O) groups is 1. The molecule has 76 valence electrons. The van der Waals surface area contributed by atoms with E-state index in [1.165, 1.54) is 0 Å². The van der Waals surface area contributed by atoms with Crippen molar-refractivity contribution in [2.75, 3.05) is 0 Å². The Morgan fingerprint density at radius 1 is 1.36 bits per heavy atom. The van der Waals surface area contributed by atoms with Crippen molar-refractivity contribution >= 4 is 37.8 Å². The van der Waals surface area contributed by atoms with Crippen LogP contribution in [0.4, 0.5) is 0 Å². The fourth-order valence-electron chi connectivity index (χ4n) is 0.977. The molecule has 0 aromatic heterocycles. The standard InChI is InChI=1S/C9H8Br2O3/c10-6-2-1-5(3-7(6)11)4-8(12)9(13)14/h1-3,8,12H,4H2,(H,13,14). The number of benzene rings is 1. The Hall–Kier alpha value is -0.390. The fraction of sp³-hybridized carbons (Fsp3) is 0.222. The van der Waals surface area contributed by atoms with Crippen LogP contribution in [0.5, 0.6) is 0 Å². The summed E-state index contributed by atoms with van der Waals surface area (Å²) in [5.41, 5.74) is 0.773. The van der Waals surface area contributed by atoms with Crippen LogP contribution in [0.15, 0.2) is 27.1 Å². The predicted molar refractivity (Wildman–Crippen MR) is 59.2 cm³/mol. The van der Waals surface area contributed by atoms with Gasteiger partial charge in [0.25, 0.3) is 0 Å². The zero-order valence-electron chi connectivity index (χ0n) is 7.08. The highest BCUT2D eigenvalue weighted by Crippen LogP contribution is 2.24. The number of hydrogen-bond donors (Lipinski definition) is 2. The van der Waals surface area contributed by atoms with Crippen molar-refractivity contribution in [3.05, 3.63) is 32.7 Å². The van der Waals surface area contributed by atoms with Crippen molar-refractivity contribution < 1.29 is 15.0 Å². The van der Waals surface area contributed by atoms with Gasteiger partial charge in [0, 0.05) is 15.4 Å². The maximum absolute atomic E-state index is 10.4. The lowest BCUT2D eigenvalue weighted by atomic mass is 10.1. The molecule has 1 rings (SSSR count). The van der Waals surface area contributed by atoms with Crippen molar-refractivity contribution in [3.63, 3.8) is 0 Å². The maximum atomic E-state index is 10.4. The summed E-state index contributed by atoms with van der Waals surface area (Å²) >= 11 is 6.60. The third kappa shape index (κ3) is 3.08. The van der Waals surface area contributed by atoms with E-state index >= 15 is 0 Å². The molecule has 0 radical (unpaired) electrons. The molecule has 2 N–H and O–H groups in total. The zero-order valence-corrected chi connectivity index (χ0v) is 10.2. The highest BCUT2D eigenvalue weighted by molar-refractivity contribution is 9.13. The van der Waals surface area contributed by atoms with Crippen LogP contribution in [0.3, 0.4) is 0 Å². The summed E-state index contributed by atoms with van der Waals surface area (Å²) in [6.07, 6.45) is -1.23. The third-order valence-electron chi connectivity index (χ3n) is 1.70. The first-order valence-electron chi connectivity index (χ1n) is 3.85. The van der Waals surface area contributed by atoms with E-state index < -0.39 is 12.1 Å². The number of aliphatic carboxylic acids is 1. The second-order valence-corrected chi connectivity index (χ2v) is 4.52. The molecular formula is C9H8Br2O3. The van der Waals surface area contributed by atoms with Crippen molar-refractivity contribution in [1.82, 2.24) is 0 Å². The lowest BCUT2D eigenvalue weighted by Gasteiger charge is -2.06. The average molecular weight is 324 g/mol. The molecule has 1 atom stereocenters. The highest BCUT2D eigenvalue weighted by atomic mass is 79.9. The van der Waals surface area contributed by atoms with Crippen molar-refractivity contribution in [2.45, 2.75) is 12.5 Å². The molecule has 0 heterocycles. The summed E-state index contributed by atoms with van der Waals surface area (Å²) in [4.78, 5) is 10.4. The lowest BCUT2D eigenvalue weighted by Crippen LogP contribution is -2.21. The molecule has 5 heteroatoms. The zero-order chi connectivity index (χ0) is 10.7. The minimum absolute atomic E-state index is 0.112. The van der Waals surface area contributed by atoms with Crippen LogP contribution < -0.4 is 0 Å². The van der Waals surface area contributed by atoms with Crippen molar-refractivity contribution in [3.8, 4) is 0 Å². The second kappa shape index (κ2) is 4.91. The van der Waals surface area contributed by atoms with Crippen molar-refractivity contribution in [1.29, 1.82) is 0 Å². The Bertz CT molecular complexity index is 352. The van der Waals surface area contributed by atoms with Gasteiger partial charge in [-0.2, -0.15) is 0 Å². The van der Waals surface area contributed by atoms with Gasteiger partial charge in [0.1, 0.15) is 0 Å². The minimum Gasteiger partial charge on any atom is -0.479 e. The maximum Gasteiger partial charge on any atom is 0.332 e. The summed E-state index contributed by atoms with van der Waals surface area (Å²) in [5.74, 6) is -1.20. The normalized spacial score (nSPS) is 12.5. The van der Waals surface area contributed by atoms with E-state index in [2.05, 4.69) is 31.9 Å². The summed E-state index contributed by atoms with van der Waals surface area (Å²) in [6.45, 7) is 0. The number of hydrogen-bond acceptors (Lipinski definition) is 2. The Morgan fingerprint density at radius 3 is 2.50 bits per heavy atom. The molecule has 0 amide bonds. The van der Waals surface area contributed by atoms with Crippen LogP contribution in [0.25, 0.3) is 0 Å². The van der Waals surface area contributed by atoms with E-state index in [4.69, 9.17) is 10.2 Å². The molecule has 1 aromatic rings. The van der Waals surface area contributed by atoms with E-state index in [9.17, 15) is 4.79 Å². The van der Waals surface area contributed by atoms with Gasteiger partial charge in [0.15, 0.2) is 6.10 Å². The molecule has 0 bridgehead atoms.